The molecular weight excluding hydrogens is 290 g/mol. The van der Waals surface area contributed by atoms with Crippen molar-refractivity contribution < 1.29 is 14.3 Å². The number of amides is 1. The van der Waals surface area contributed by atoms with E-state index >= 15 is 0 Å². The lowest BCUT2D eigenvalue weighted by Gasteiger charge is -2.26. The number of para-hydroxylation sites is 2. The van der Waals surface area contributed by atoms with Crippen LogP contribution < -0.4 is 14.8 Å². The van der Waals surface area contributed by atoms with Gasteiger partial charge in [-0.1, -0.05) is 36.4 Å². The summed E-state index contributed by atoms with van der Waals surface area (Å²) in [6.07, 6.45) is 1.91. The summed E-state index contributed by atoms with van der Waals surface area (Å²) in [6, 6.07) is 15.7. The van der Waals surface area contributed by atoms with Crippen molar-refractivity contribution in [3.63, 3.8) is 0 Å². The summed E-state index contributed by atoms with van der Waals surface area (Å²) in [5, 5.41) is 3.12. The van der Waals surface area contributed by atoms with Crippen molar-refractivity contribution >= 4 is 5.91 Å². The molecule has 1 aliphatic rings. The van der Waals surface area contributed by atoms with Gasteiger partial charge in [0.2, 0.25) is 5.91 Å². The van der Waals surface area contributed by atoms with E-state index in [-0.39, 0.29) is 11.9 Å². The number of hydrogen-bond donors (Lipinski definition) is 1. The van der Waals surface area contributed by atoms with E-state index in [9.17, 15) is 4.79 Å². The summed E-state index contributed by atoms with van der Waals surface area (Å²) in [6.45, 7) is 0.633. The molecule has 0 unspecified atom stereocenters. The predicted molar refractivity (Wildman–Crippen MR) is 88.8 cm³/mol. The van der Waals surface area contributed by atoms with Crippen LogP contribution in [0.1, 0.15) is 30.0 Å². The van der Waals surface area contributed by atoms with E-state index in [0.717, 1.165) is 29.0 Å². The number of hydrogen-bond acceptors (Lipinski definition) is 3. The number of aryl methyl sites for hydroxylation is 1. The maximum Gasteiger partial charge on any atom is 0.220 e. The highest BCUT2D eigenvalue weighted by Gasteiger charge is 2.22. The molecule has 0 spiro atoms. The predicted octanol–water partition coefficient (Wildman–Crippen LogP) is 3.27. The molecule has 4 nitrogen and oxygen atoms in total. The number of fused-ring (bicyclic) bond motifs is 1. The fraction of sp³-hybridized carbons (Fsp3) is 0.316. The molecule has 1 amide bonds. The highest BCUT2D eigenvalue weighted by molar-refractivity contribution is 5.77. The molecule has 0 saturated carbocycles. The molecule has 1 N–H and O–H groups in total. The van der Waals surface area contributed by atoms with E-state index in [1.807, 2.05) is 48.5 Å². The Kier molecular flexibility index (Phi) is 4.81. The van der Waals surface area contributed by atoms with Gasteiger partial charge in [-0.15, -0.1) is 0 Å². The van der Waals surface area contributed by atoms with Crippen LogP contribution in [0.5, 0.6) is 11.5 Å². The molecule has 120 valence electrons. The molecule has 2 aromatic carbocycles. The van der Waals surface area contributed by atoms with Gasteiger partial charge < -0.3 is 14.8 Å². The molecule has 1 atom stereocenters. The van der Waals surface area contributed by atoms with Crippen LogP contribution in [-0.4, -0.2) is 19.6 Å². The van der Waals surface area contributed by atoms with Gasteiger partial charge >= 0.3 is 0 Å². The van der Waals surface area contributed by atoms with Gasteiger partial charge in [0.05, 0.1) is 19.8 Å². The molecule has 1 heterocycles. The van der Waals surface area contributed by atoms with Gasteiger partial charge in [-0.3, -0.25) is 4.79 Å². The van der Waals surface area contributed by atoms with E-state index in [1.54, 1.807) is 7.11 Å². The topological polar surface area (TPSA) is 47.6 Å². The van der Waals surface area contributed by atoms with Crippen LogP contribution in [0, 0.1) is 0 Å². The lowest BCUT2D eigenvalue weighted by atomic mass is 10.00. The van der Waals surface area contributed by atoms with Crippen molar-refractivity contribution in [2.24, 2.45) is 0 Å². The second-order valence-electron chi connectivity index (χ2n) is 5.61. The van der Waals surface area contributed by atoms with Crippen molar-refractivity contribution in [1.82, 2.24) is 5.32 Å². The van der Waals surface area contributed by atoms with E-state index in [0.29, 0.717) is 19.4 Å². The van der Waals surface area contributed by atoms with Crippen LogP contribution in [0.4, 0.5) is 0 Å². The SMILES string of the molecule is COc1ccccc1CCC(=O)N[C@@H]1CCOc2ccccc21. The van der Waals surface area contributed by atoms with E-state index < -0.39 is 0 Å². The Morgan fingerprint density at radius 3 is 2.87 bits per heavy atom. The van der Waals surface area contributed by atoms with Crippen LogP contribution in [0.25, 0.3) is 0 Å². The van der Waals surface area contributed by atoms with Gasteiger partial charge in [0.1, 0.15) is 11.5 Å². The third kappa shape index (κ3) is 3.65. The minimum atomic E-state index is 0.0325. The zero-order valence-electron chi connectivity index (χ0n) is 13.2. The molecule has 0 fully saturated rings. The van der Waals surface area contributed by atoms with Crippen LogP contribution in [0.3, 0.4) is 0 Å². The average molecular weight is 311 g/mol. The van der Waals surface area contributed by atoms with Crippen molar-refractivity contribution in [3.8, 4) is 11.5 Å². The maximum absolute atomic E-state index is 12.3. The Bertz CT molecular complexity index is 684. The van der Waals surface area contributed by atoms with Gasteiger partial charge in [0.25, 0.3) is 0 Å². The summed E-state index contributed by atoms with van der Waals surface area (Å²) in [7, 11) is 1.65. The lowest BCUT2D eigenvalue weighted by molar-refractivity contribution is -0.122. The summed E-state index contributed by atoms with van der Waals surface area (Å²) >= 11 is 0. The minimum absolute atomic E-state index is 0.0325. The monoisotopic (exact) mass is 311 g/mol. The van der Waals surface area contributed by atoms with Gasteiger partial charge in [0.15, 0.2) is 0 Å². The molecule has 4 heteroatoms. The number of benzene rings is 2. The van der Waals surface area contributed by atoms with Gasteiger partial charge in [-0.05, 0) is 24.1 Å². The molecular formula is C19H21NO3. The molecule has 0 aliphatic carbocycles. The maximum atomic E-state index is 12.3. The number of methoxy groups -OCH3 is 1. The van der Waals surface area contributed by atoms with Gasteiger partial charge in [-0.25, -0.2) is 0 Å². The van der Waals surface area contributed by atoms with Crippen LogP contribution >= 0.6 is 0 Å². The second-order valence-corrected chi connectivity index (χ2v) is 5.61. The van der Waals surface area contributed by atoms with Gasteiger partial charge in [-0.2, -0.15) is 0 Å². The second kappa shape index (κ2) is 7.18. The summed E-state index contributed by atoms with van der Waals surface area (Å²) in [5.41, 5.74) is 2.11. The van der Waals surface area contributed by atoms with Gasteiger partial charge in [0, 0.05) is 18.4 Å². The zero-order chi connectivity index (χ0) is 16.1. The third-order valence-corrected chi connectivity index (χ3v) is 4.11. The number of carbonyl (C=O) groups excluding carboxylic acids is 1. The first kappa shape index (κ1) is 15.4. The fourth-order valence-corrected chi connectivity index (χ4v) is 2.92. The van der Waals surface area contributed by atoms with E-state index in [2.05, 4.69) is 5.32 Å². The standard InChI is InChI=1S/C19H21NO3/c1-22-17-8-4-2-6-14(17)10-11-19(21)20-16-12-13-23-18-9-5-3-7-15(16)18/h2-9,16H,10-13H2,1H3,(H,20,21)/t16-/m1/s1. The average Bonchev–Trinajstić information content (AvgIpc) is 2.60. The summed E-state index contributed by atoms with van der Waals surface area (Å²) < 4.78 is 11.0. The Morgan fingerprint density at radius 2 is 2.00 bits per heavy atom. The highest BCUT2D eigenvalue weighted by atomic mass is 16.5. The molecule has 2 aromatic rings. The van der Waals surface area contributed by atoms with Crippen LogP contribution in [0.2, 0.25) is 0 Å². The quantitative estimate of drug-likeness (QED) is 0.922. The normalized spacial score (nSPS) is 16.1. The first-order chi connectivity index (χ1) is 11.3. The lowest BCUT2D eigenvalue weighted by Crippen LogP contribution is -2.32. The number of ether oxygens (including phenoxy) is 2. The van der Waals surface area contributed by atoms with Crippen LogP contribution in [-0.2, 0) is 11.2 Å². The minimum Gasteiger partial charge on any atom is -0.496 e. The molecule has 0 bridgehead atoms. The summed E-state index contributed by atoms with van der Waals surface area (Å²) in [5.74, 6) is 1.75. The largest absolute Gasteiger partial charge is 0.496 e. The molecule has 0 saturated heterocycles. The molecule has 3 rings (SSSR count). The van der Waals surface area contributed by atoms with Crippen molar-refractivity contribution in [2.75, 3.05) is 13.7 Å². The summed E-state index contributed by atoms with van der Waals surface area (Å²) in [4.78, 5) is 12.3. The number of carbonyl (C=O) groups is 1. The number of nitrogens with one attached hydrogen (secondary N) is 1. The Morgan fingerprint density at radius 1 is 1.22 bits per heavy atom. The highest BCUT2D eigenvalue weighted by Crippen LogP contribution is 2.31. The van der Waals surface area contributed by atoms with E-state index in [4.69, 9.17) is 9.47 Å². The van der Waals surface area contributed by atoms with Crippen LogP contribution in [0.15, 0.2) is 48.5 Å². The Balaban J connectivity index is 1.60. The van der Waals surface area contributed by atoms with Crippen molar-refractivity contribution in [3.05, 3.63) is 59.7 Å². The molecule has 23 heavy (non-hydrogen) atoms. The molecule has 1 aliphatic heterocycles. The molecule has 0 aromatic heterocycles. The number of rotatable bonds is 5. The first-order valence-electron chi connectivity index (χ1n) is 7.91. The molecule has 0 radical (unpaired) electrons. The third-order valence-electron chi connectivity index (χ3n) is 4.11. The van der Waals surface area contributed by atoms with Crippen molar-refractivity contribution in [1.29, 1.82) is 0 Å². The Labute approximate surface area is 136 Å². The zero-order valence-corrected chi connectivity index (χ0v) is 13.2. The first-order valence-corrected chi connectivity index (χ1v) is 7.91. The fourth-order valence-electron chi connectivity index (χ4n) is 2.92. The smallest absolute Gasteiger partial charge is 0.220 e. The van der Waals surface area contributed by atoms with Crippen molar-refractivity contribution in [2.45, 2.75) is 25.3 Å². The Hall–Kier alpha value is -2.49. The van der Waals surface area contributed by atoms with E-state index in [1.165, 1.54) is 0 Å².